The van der Waals surface area contributed by atoms with Crippen LogP contribution in [0.4, 0.5) is 0 Å². The zero-order valence-electron chi connectivity index (χ0n) is 11.9. The Hall–Kier alpha value is -0.0400. The summed E-state index contributed by atoms with van der Waals surface area (Å²) in [6.45, 7) is 9.10. The highest BCUT2D eigenvalue weighted by molar-refractivity contribution is 4.62. The SMILES string of the molecule is CCCCCC(O)CCCCCC(C)(C)C. The first kappa shape index (κ1) is 16.0. The summed E-state index contributed by atoms with van der Waals surface area (Å²) < 4.78 is 0. The topological polar surface area (TPSA) is 20.2 Å². The quantitative estimate of drug-likeness (QED) is 0.555. The Morgan fingerprint density at radius 3 is 1.94 bits per heavy atom. The molecule has 0 aliphatic heterocycles. The van der Waals surface area contributed by atoms with Crippen molar-refractivity contribution >= 4 is 0 Å². The predicted octanol–water partition coefficient (Wildman–Crippen LogP) is 4.92. The second-order valence-electron chi connectivity index (χ2n) is 6.31. The minimum absolute atomic E-state index is 0.0406. The van der Waals surface area contributed by atoms with Crippen LogP contribution in [0, 0.1) is 5.41 Å². The van der Waals surface area contributed by atoms with Gasteiger partial charge in [0, 0.05) is 0 Å². The summed E-state index contributed by atoms with van der Waals surface area (Å²) in [6.07, 6.45) is 10.8. The van der Waals surface area contributed by atoms with Gasteiger partial charge in [-0.1, -0.05) is 66.2 Å². The summed E-state index contributed by atoms with van der Waals surface area (Å²) in [5, 5.41) is 9.74. The minimum Gasteiger partial charge on any atom is -0.393 e. The third-order valence-corrected chi connectivity index (χ3v) is 3.11. The van der Waals surface area contributed by atoms with E-state index in [1.54, 1.807) is 0 Å². The Kier molecular flexibility index (Phi) is 9.02. The normalized spacial score (nSPS) is 14.1. The van der Waals surface area contributed by atoms with Gasteiger partial charge in [-0.15, -0.1) is 0 Å². The maximum Gasteiger partial charge on any atom is 0.0540 e. The molecule has 0 fully saturated rings. The second-order valence-corrected chi connectivity index (χ2v) is 6.31. The Labute approximate surface area is 103 Å². The molecule has 0 saturated heterocycles. The van der Waals surface area contributed by atoms with E-state index in [-0.39, 0.29) is 6.10 Å². The molecular formula is C15H32O. The Bertz CT molecular complexity index is 146. The molecular weight excluding hydrogens is 196 g/mol. The van der Waals surface area contributed by atoms with E-state index in [2.05, 4.69) is 27.7 Å². The second kappa shape index (κ2) is 9.04. The summed E-state index contributed by atoms with van der Waals surface area (Å²) in [6, 6.07) is 0. The van der Waals surface area contributed by atoms with E-state index in [0.29, 0.717) is 5.41 Å². The van der Waals surface area contributed by atoms with Crippen molar-refractivity contribution in [3.8, 4) is 0 Å². The average molecular weight is 228 g/mol. The molecule has 0 saturated carbocycles. The first-order chi connectivity index (χ1) is 7.45. The smallest absolute Gasteiger partial charge is 0.0540 e. The lowest BCUT2D eigenvalue weighted by molar-refractivity contribution is 0.147. The van der Waals surface area contributed by atoms with Crippen LogP contribution in [0.25, 0.3) is 0 Å². The summed E-state index contributed by atoms with van der Waals surface area (Å²) >= 11 is 0. The van der Waals surface area contributed by atoms with Crippen molar-refractivity contribution in [3.05, 3.63) is 0 Å². The van der Waals surface area contributed by atoms with Gasteiger partial charge in [0.2, 0.25) is 0 Å². The van der Waals surface area contributed by atoms with Gasteiger partial charge < -0.3 is 5.11 Å². The number of hydrogen-bond acceptors (Lipinski definition) is 1. The summed E-state index contributed by atoms with van der Waals surface area (Å²) in [7, 11) is 0. The Morgan fingerprint density at radius 2 is 1.44 bits per heavy atom. The molecule has 0 aliphatic rings. The fourth-order valence-electron chi connectivity index (χ4n) is 1.99. The zero-order chi connectivity index (χ0) is 12.4. The molecule has 0 aromatic heterocycles. The molecule has 1 nitrogen and oxygen atoms in total. The van der Waals surface area contributed by atoms with Crippen LogP contribution in [0.3, 0.4) is 0 Å². The van der Waals surface area contributed by atoms with Crippen molar-refractivity contribution in [2.45, 2.75) is 91.6 Å². The highest BCUT2D eigenvalue weighted by Crippen LogP contribution is 2.22. The molecule has 16 heavy (non-hydrogen) atoms. The van der Waals surface area contributed by atoms with Crippen molar-refractivity contribution in [1.82, 2.24) is 0 Å². The molecule has 0 aromatic rings. The van der Waals surface area contributed by atoms with E-state index in [4.69, 9.17) is 0 Å². The van der Waals surface area contributed by atoms with Crippen LogP contribution in [-0.4, -0.2) is 11.2 Å². The molecule has 1 unspecified atom stereocenters. The van der Waals surface area contributed by atoms with Gasteiger partial charge in [-0.2, -0.15) is 0 Å². The van der Waals surface area contributed by atoms with Crippen LogP contribution in [0.1, 0.15) is 85.5 Å². The van der Waals surface area contributed by atoms with Crippen LogP contribution in [-0.2, 0) is 0 Å². The van der Waals surface area contributed by atoms with Crippen molar-refractivity contribution in [2.24, 2.45) is 5.41 Å². The molecule has 1 heteroatoms. The summed E-state index contributed by atoms with van der Waals surface area (Å²) in [5.74, 6) is 0. The zero-order valence-corrected chi connectivity index (χ0v) is 11.9. The number of hydrogen-bond donors (Lipinski definition) is 1. The molecule has 0 aliphatic carbocycles. The van der Waals surface area contributed by atoms with Gasteiger partial charge in [0.05, 0.1) is 6.10 Å². The number of unbranched alkanes of at least 4 members (excludes halogenated alkanes) is 4. The lowest BCUT2D eigenvalue weighted by Gasteiger charge is -2.17. The molecule has 0 bridgehead atoms. The highest BCUT2D eigenvalue weighted by Gasteiger charge is 2.09. The third kappa shape index (κ3) is 12.0. The first-order valence-corrected chi connectivity index (χ1v) is 7.14. The maximum atomic E-state index is 9.74. The summed E-state index contributed by atoms with van der Waals surface area (Å²) in [5.41, 5.74) is 0.472. The van der Waals surface area contributed by atoms with Gasteiger partial charge in [-0.25, -0.2) is 0 Å². The lowest BCUT2D eigenvalue weighted by atomic mass is 9.89. The van der Waals surface area contributed by atoms with E-state index in [0.717, 1.165) is 12.8 Å². The van der Waals surface area contributed by atoms with Gasteiger partial charge in [0.15, 0.2) is 0 Å². The van der Waals surface area contributed by atoms with E-state index in [1.165, 1.54) is 44.9 Å². The molecule has 1 atom stereocenters. The van der Waals surface area contributed by atoms with Gasteiger partial charge in [0.25, 0.3) is 0 Å². The van der Waals surface area contributed by atoms with Gasteiger partial charge in [-0.3, -0.25) is 0 Å². The van der Waals surface area contributed by atoms with Crippen molar-refractivity contribution in [1.29, 1.82) is 0 Å². The van der Waals surface area contributed by atoms with Crippen LogP contribution in [0.15, 0.2) is 0 Å². The van der Waals surface area contributed by atoms with E-state index >= 15 is 0 Å². The molecule has 1 N–H and O–H groups in total. The molecule has 98 valence electrons. The molecule has 0 spiro atoms. The fourth-order valence-corrected chi connectivity index (χ4v) is 1.99. The van der Waals surface area contributed by atoms with Crippen molar-refractivity contribution < 1.29 is 5.11 Å². The number of rotatable bonds is 9. The fraction of sp³-hybridized carbons (Fsp3) is 1.00. The van der Waals surface area contributed by atoms with Crippen LogP contribution >= 0.6 is 0 Å². The average Bonchev–Trinajstić information content (AvgIpc) is 2.16. The Balaban J connectivity index is 3.24. The number of aliphatic hydroxyl groups excluding tert-OH is 1. The lowest BCUT2D eigenvalue weighted by Crippen LogP contribution is -2.07. The van der Waals surface area contributed by atoms with Crippen molar-refractivity contribution in [2.75, 3.05) is 0 Å². The first-order valence-electron chi connectivity index (χ1n) is 7.14. The Morgan fingerprint density at radius 1 is 0.875 bits per heavy atom. The van der Waals surface area contributed by atoms with Crippen LogP contribution in [0.5, 0.6) is 0 Å². The highest BCUT2D eigenvalue weighted by atomic mass is 16.3. The standard InChI is InChI=1S/C15H32O/c1-5-6-8-11-14(16)12-9-7-10-13-15(2,3)4/h14,16H,5-13H2,1-4H3. The minimum atomic E-state index is -0.0406. The van der Waals surface area contributed by atoms with Gasteiger partial charge in [0.1, 0.15) is 0 Å². The van der Waals surface area contributed by atoms with Crippen molar-refractivity contribution in [3.63, 3.8) is 0 Å². The maximum absolute atomic E-state index is 9.74. The summed E-state index contributed by atoms with van der Waals surface area (Å²) in [4.78, 5) is 0. The van der Waals surface area contributed by atoms with Crippen LogP contribution in [0.2, 0.25) is 0 Å². The molecule has 0 amide bonds. The number of aliphatic hydroxyl groups is 1. The van der Waals surface area contributed by atoms with Crippen LogP contribution < -0.4 is 0 Å². The van der Waals surface area contributed by atoms with E-state index in [1.807, 2.05) is 0 Å². The molecule has 0 aromatic carbocycles. The molecule has 0 radical (unpaired) electrons. The molecule has 0 heterocycles. The third-order valence-electron chi connectivity index (χ3n) is 3.11. The van der Waals surface area contributed by atoms with Gasteiger partial charge in [-0.05, 0) is 24.7 Å². The van der Waals surface area contributed by atoms with E-state index < -0.39 is 0 Å². The largest absolute Gasteiger partial charge is 0.393 e. The van der Waals surface area contributed by atoms with E-state index in [9.17, 15) is 5.11 Å². The molecule has 0 rings (SSSR count). The monoisotopic (exact) mass is 228 g/mol. The predicted molar refractivity (Wildman–Crippen MR) is 72.7 cm³/mol. The van der Waals surface area contributed by atoms with Gasteiger partial charge >= 0.3 is 0 Å².